The van der Waals surface area contributed by atoms with Crippen molar-refractivity contribution < 1.29 is 0 Å². The Hall–Kier alpha value is -3.75. The fraction of sp³-hybridized carbons (Fsp3) is 0.367. The molecule has 4 N–H and O–H groups in total. The van der Waals surface area contributed by atoms with Crippen LogP contribution in [-0.4, -0.2) is 43.0 Å². The van der Waals surface area contributed by atoms with E-state index in [1.807, 2.05) is 43.0 Å². The van der Waals surface area contributed by atoms with E-state index in [4.69, 9.17) is 15.7 Å². The smallest absolute Gasteiger partial charge is 0.160 e. The molecule has 5 aromatic heterocycles. The van der Waals surface area contributed by atoms with Crippen LogP contribution in [0.4, 0.5) is 0 Å². The Morgan fingerprint density at radius 1 is 1.03 bits per heavy atom. The average molecular weight is 505 g/mol. The minimum Gasteiger partial charge on any atom is -0.339 e. The topological polar surface area (TPSA) is 118 Å². The van der Waals surface area contributed by atoms with Crippen molar-refractivity contribution in [2.24, 2.45) is 17.1 Å². The summed E-state index contributed by atoms with van der Waals surface area (Å²) < 4.78 is 0. The van der Waals surface area contributed by atoms with E-state index in [1.165, 1.54) is 18.4 Å². The fourth-order valence-corrected chi connectivity index (χ4v) is 6.15. The first kappa shape index (κ1) is 23.4. The zero-order valence-corrected chi connectivity index (χ0v) is 21.8. The summed E-state index contributed by atoms with van der Waals surface area (Å²) in [6.07, 6.45) is 12.7. The number of fused-ring (bicyclic) bond motifs is 2. The number of aromatic nitrogens is 6. The van der Waals surface area contributed by atoms with Gasteiger partial charge < -0.3 is 16.0 Å². The molecule has 192 valence electrons. The zero-order chi connectivity index (χ0) is 25.9. The van der Waals surface area contributed by atoms with Crippen molar-refractivity contribution in [3.05, 3.63) is 66.5 Å². The summed E-state index contributed by atoms with van der Waals surface area (Å²) in [4.78, 5) is 27.3. The third-order valence-corrected chi connectivity index (χ3v) is 8.39. The number of nitrogens with zero attached hydrogens (tertiary/aromatic N) is 5. The Balaban J connectivity index is 1.43. The lowest BCUT2D eigenvalue weighted by molar-refractivity contribution is 0.128. The van der Waals surface area contributed by atoms with Crippen LogP contribution in [0.25, 0.3) is 44.6 Å². The lowest BCUT2D eigenvalue weighted by atomic mass is 9.70. The molecule has 0 radical (unpaired) electrons. The van der Waals surface area contributed by atoms with Gasteiger partial charge in [0.1, 0.15) is 5.65 Å². The molecule has 8 nitrogen and oxygen atoms in total. The molecular weight excluding hydrogens is 472 g/mol. The van der Waals surface area contributed by atoms with Gasteiger partial charge in [-0.3, -0.25) is 9.97 Å². The van der Waals surface area contributed by atoms with E-state index in [-0.39, 0.29) is 11.5 Å². The minimum atomic E-state index is -0.203. The van der Waals surface area contributed by atoms with Crippen LogP contribution in [0, 0.1) is 11.3 Å². The Bertz CT molecular complexity index is 1640. The van der Waals surface area contributed by atoms with Crippen LogP contribution in [-0.2, 0) is 0 Å². The highest BCUT2D eigenvalue weighted by atomic mass is 15.0. The van der Waals surface area contributed by atoms with Crippen molar-refractivity contribution >= 4 is 21.9 Å². The number of aromatic amines is 1. The standard InChI is InChI=1S/C30H32N8/c1-30(2)16-33-10-8-22(30)26(31)27-25-21(17-5-6-17)14-34-15-24(25)37-29(38-27)19-7-11-35-28-20(19)12-23(36-28)18-4-3-9-32-13-18/h3-4,7,9,11-15,17,22,26,33H,5-6,8,10,16,31H2,1-2H3,(H,35,36). The van der Waals surface area contributed by atoms with Crippen molar-refractivity contribution in [3.63, 3.8) is 0 Å². The van der Waals surface area contributed by atoms with Gasteiger partial charge in [-0.15, -0.1) is 0 Å². The summed E-state index contributed by atoms with van der Waals surface area (Å²) in [5, 5.41) is 5.62. The van der Waals surface area contributed by atoms with Crippen LogP contribution >= 0.6 is 0 Å². The SMILES string of the molecule is CC1(C)CNCCC1C(N)c1nc(-c2ccnc3[nH]c(-c4cccnc4)cc23)nc2cncc(C3CC3)c12. The van der Waals surface area contributed by atoms with Crippen molar-refractivity contribution in [3.8, 4) is 22.6 Å². The first-order valence-corrected chi connectivity index (χ1v) is 13.5. The molecule has 0 amide bonds. The van der Waals surface area contributed by atoms with Gasteiger partial charge in [-0.1, -0.05) is 13.8 Å². The number of hydrogen-bond acceptors (Lipinski definition) is 7. The summed E-state index contributed by atoms with van der Waals surface area (Å²) >= 11 is 0. The van der Waals surface area contributed by atoms with Gasteiger partial charge in [-0.25, -0.2) is 15.0 Å². The van der Waals surface area contributed by atoms with Crippen molar-refractivity contribution in [1.29, 1.82) is 0 Å². The van der Waals surface area contributed by atoms with E-state index in [0.717, 1.165) is 64.0 Å². The molecule has 8 heteroatoms. The van der Waals surface area contributed by atoms with Gasteiger partial charge in [-0.2, -0.15) is 0 Å². The van der Waals surface area contributed by atoms with Gasteiger partial charge in [0.2, 0.25) is 0 Å². The van der Waals surface area contributed by atoms with E-state index < -0.39 is 0 Å². The summed E-state index contributed by atoms with van der Waals surface area (Å²) in [6, 6.07) is 7.86. The number of nitrogens with one attached hydrogen (secondary N) is 2. The molecular formula is C30H32N8. The lowest BCUT2D eigenvalue weighted by Gasteiger charge is -2.42. The highest BCUT2D eigenvalue weighted by molar-refractivity contribution is 5.96. The quantitative estimate of drug-likeness (QED) is 0.303. The monoisotopic (exact) mass is 504 g/mol. The van der Waals surface area contributed by atoms with Crippen LogP contribution in [0.15, 0.2) is 55.2 Å². The van der Waals surface area contributed by atoms with E-state index in [1.54, 1.807) is 6.20 Å². The van der Waals surface area contributed by atoms with Gasteiger partial charge in [0, 0.05) is 58.9 Å². The molecule has 1 aliphatic carbocycles. The molecule has 2 fully saturated rings. The molecule has 5 aromatic rings. The van der Waals surface area contributed by atoms with Crippen LogP contribution in [0.2, 0.25) is 0 Å². The second kappa shape index (κ2) is 8.92. The highest BCUT2D eigenvalue weighted by Gasteiger charge is 2.39. The minimum absolute atomic E-state index is 0.0606. The number of hydrogen-bond donors (Lipinski definition) is 3. The van der Waals surface area contributed by atoms with Gasteiger partial charge in [0.25, 0.3) is 0 Å². The third-order valence-electron chi connectivity index (χ3n) is 8.39. The van der Waals surface area contributed by atoms with Crippen molar-refractivity contribution in [1.82, 2.24) is 35.2 Å². The average Bonchev–Trinajstić information content (AvgIpc) is 3.69. The molecule has 0 bridgehead atoms. The maximum Gasteiger partial charge on any atom is 0.160 e. The summed E-state index contributed by atoms with van der Waals surface area (Å²) in [6.45, 7) is 6.54. The zero-order valence-electron chi connectivity index (χ0n) is 21.8. The van der Waals surface area contributed by atoms with Gasteiger partial charge in [0.15, 0.2) is 5.82 Å². The molecule has 2 atom stereocenters. The Morgan fingerprint density at radius 3 is 2.71 bits per heavy atom. The summed E-state index contributed by atoms with van der Waals surface area (Å²) in [7, 11) is 0. The molecule has 6 heterocycles. The predicted molar refractivity (Wildman–Crippen MR) is 149 cm³/mol. The fourth-order valence-electron chi connectivity index (χ4n) is 6.15. The first-order valence-electron chi connectivity index (χ1n) is 13.5. The first-order chi connectivity index (χ1) is 18.5. The van der Waals surface area contributed by atoms with Gasteiger partial charge in [0.05, 0.1) is 23.4 Å². The number of H-pyrrole nitrogens is 1. The molecule has 2 unspecified atom stereocenters. The molecule has 38 heavy (non-hydrogen) atoms. The molecule has 0 spiro atoms. The van der Waals surface area contributed by atoms with E-state index >= 15 is 0 Å². The predicted octanol–water partition coefficient (Wildman–Crippen LogP) is 5.14. The number of nitrogens with two attached hydrogens (primary N) is 1. The third kappa shape index (κ3) is 3.95. The molecule has 1 aliphatic heterocycles. The molecule has 0 aromatic carbocycles. The van der Waals surface area contributed by atoms with Gasteiger partial charge >= 0.3 is 0 Å². The summed E-state index contributed by atoms with van der Waals surface area (Å²) in [5.41, 5.74) is 14.0. The Kier molecular flexibility index (Phi) is 5.49. The number of piperidine rings is 1. The molecule has 1 saturated heterocycles. The highest BCUT2D eigenvalue weighted by Crippen LogP contribution is 2.46. The Morgan fingerprint density at radius 2 is 1.92 bits per heavy atom. The molecule has 2 aliphatic rings. The van der Waals surface area contributed by atoms with Crippen LogP contribution in [0.1, 0.15) is 56.3 Å². The largest absolute Gasteiger partial charge is 0.339 e. The van der Waals surface area contributed by atoms with Crippen LogP contribution < -0.4 is 11.1 Å². The summed E-state index contributed by atoms with van der Waals surface area (Å²) in [5.74, 6) is 1.48. The van der Waals surface area contributed by atoms with Crippen molar-refractivity contribution in [2.75, 3.05) is 13.1 Å². The normalized spacial score (nSPS) is 20.1. The van der Waals surface area contributed by atoms with E-state index in [9.17, 15) is 0 Å². The molecule has 7 rings (SSSR count). The maximum absolute atomic E-state index is 7.18. The Labute approximate surface area is 221 Å². The lowest BCUT2D eigenvalue weighted by Crippen LogP contribution is -2.47. The van der Waals surface area contributed by atoms with Crippen LogP contribution in [0.3, 0.4) is 0 Å². The maximum atomic E-state index is 7.18. The number of rotatable bonds is 5. The van der Waals surface area contributed by atoms with E-state index in [0.29, 0.717) is 17.7 Å². The van der Waals surface area contributed by atoms with Crippen LogP contribution in [0.5, 0.6) is 0 Å². The molecule has 1 saturated carbocycles. The van der Waals surface area contributed by atoms with E-state index in [2.05, 4.69) is 45.2 Å². The second-order valence-electron chi connectivity index (χ2n) is 11.5. The van der Waals surface area contributed by atoms with Gasteiger partial charge in [-0.05, 0) is 72.9 Å². The second-order valence-corrected chi connectivity index (χ2v) is 11.5. The number of pyridine rings is 3. The van der Waals surface area contributed by atoms with Crippen molar-refractivity contribution in [2.45, 2.75) is 45.1 Å².